The molecule has 3 heterocycles. The number of anilines is 1. The Balaban J connectivity index is 1.42. The molecule has 1 aliphatic rings. The summed E-state index contributed by atoms with van der Waals surface area (Å²) in [6.07, 6.45) is 7.41. The average molecular weight is 530 g/mol. The summed E-state index contributed by atoms with van der Waals surface area (Å²) >= 11 is 0. The third-order valence-electron chi connectivity index (χ3n) is 7.30. The molecule has 1 aliphatic carbocycles. The summed E-state index contributed by atoms with van der Waals surface area (Å²) in [6, 6.07) is 12.4. The zero-order valence-corrected chi connectivity index (χ0v) is 22.3. The van der Waals surface area contributed by atoms with Crippen LogP contribution in [0.1, 0.15) is 42.1 Å². The maximum atomic E-state index is 14.0. The number of carbonyl (C=O) groups is 1. The molecule has 1 fully saturated rings. The van der Waals surface area contributed by atoms with E-state index in [4.69, 9.17) is 9.84 Å². The van der Waals surface area contributed by atoms with Crippen LogP contribution < -0.4 is 10.6 Å². The Labute approximate surface area is 226 Å². The number of amides is 2. The van der Waals surface area contributed by atoms with Gasteiger partial charge >= 0.3 is 6.03 Å². The molecule has 3 atom stereocenters. The minimum absolute atomic E-state index is 0.0319. The number of nitrogens with one attached hydrogen (secondary N) is 2. The molecule has 1 aromatic carbocycles. The minimum atomic E-state index is -0.522. The van der Waals surface area contributed by atoms with Crippen LogP contribution in [0.2, 0.25) is 0 Å². The van der Waals surface area contributed by atoms with Crippen LogP contribution in [0.3, 0.4) is 0 Å². The van der Waals surface area contributed by atoms with Crippen molar-refractivity contribution in [3.05, 3.63) is 84.0 Å². The van der Waals surface area contributed by atoms with Gasteiger partial charge in [0.2, 0.25) is 5.95 Å². The van der Waals surface area contributed by atoms with E-state index in [0.29, 0.717) is 29.9 Å². The van der Waals surface area contributed by atoms with E-state index in [1.54, 1.807) is 24.2 Å². The first-order chi connectivity index (χ1) is 18.9. The van der Waals surface area contributed by atoms with E-state index < -0.39 is 5.95 Å². The zero-order valence-electron chi connectivity index (χ0n) is 22.3. The number of urea groups is 1. The first-order valence-electron chi connectivity index (χ1n) is 13.0. The van der Waals surface area contributed by atoms with Crippen molar-refractivity contribution in [1.82, 2.24) is 30.0 Å². The number of aromatic nitrogens is 5. The Morgan fingerprint density at radius 2 is 1.87 bits per heavy atom. The SMILES string of the molecule is COCC[C@@H]1C[C@@H](NC(=O)Nc2c(C)c(-c3cnc(C)nc3)nn2-c2ccccc2)[C@H](c2ccnc(F)c2)C1. The van der Waals surface area contributed by atoms with E-state index in [0.717, 1.165) is 41.6 Å². The lowest BCUT2D eigenvalue weighted by atomic mass is 9.94. The molecule has 39 heavy (non-hydrogen) atoms. The van der Waals surface area contributed by atoms with E-state index in [-0.39, 0.29) is 18.0 Å². The lowest BCUT2D eigenvalue weighted by Gasteiger charge is -2.22. The summed E-state index contributed by atoms with van der Waals surface area (Å²) in [4.78, 5) is 25.8. The molecule has 0 aliphatic heterocycles. The number of nitrogens with zero attached hydrogens (tertiary/aromatic N) is 5. The van der Waals surface area contributed by atoms with Crippen molar-refractivity contribution in [2.75, 3.05) is 19.0 Å². The Morgan fingerprint density at radius 3 is 2.59 bits per heavy atom. The van der Waals surface area contributed by atoms with Crippen molar-refractivity contribution in [2.45, 2.75) is 45.1 Å². The van der Waals surface area contributed by atoms with Gasteiger partial charge in [-0.05, 0) is 68.9 Å². The quantitative estimate of drug-likeness (QED) is 0.304. The highest BCUT2D eigenvalue weighted by molar-refractivity contribution is 5.91. The molecule has 0 bridgehead atoms. The van der Waals surface area contributed by atoms with Gasteiger partial charge in [-0.15, -0.1) is 0 Å². The van der Waals surface area contributed by atoms with Crippen LogP contribution >= 0.6 is 0 Å². The molecule has 0 radical (unpaired) electrons. The van der Waals surface area contributed by atoms with Crippen LogP contribution in [0.15, 0.2) is 61.1 Å². The lowest BCUT2D eigenvalue weighted by Crippen LogP contribution is -2.40. The van der Waals surface area contributed by atoms with Gasteiger partial charge < -0.3 is 10.1 Å². The molecule has 0 spiro atoms. The summed E-state index contributed by atoms with van der Waals surface area (Å²) in [5, 5.41) is 11.0. The number of carbonyl (C=O) groups excluding carboxylic acids is 1. The molecule has 10 heteroatoms. The number of ether oxygens (including phenoxy) is 1. The molecule has 4 aromatic rings. The Kier molecular flexibility index (Phi) is 7.92. The van der Waals surface area contributed by atoms with E-state index in [1.807, 2.05) is 50.2 Å². The topological polar surface area (TPSA) is 107 Å². The van der Waals surface area contributed by atoms with Crippen molar-refractivity contribution >= 4 is 11.8 Å². The monoisotopic (exact) mass is 529 g/mol. The summed E-state index contributed by atoms with van der Waals surface area (Å²) in [5.74, 6) is 1.01. The fourth-order valence-corrected chi connectivity index (χ4v) is 5.34. The maximum Gasteiger partial charge on any atom is 0.320 e. The van der Waals surface area contributed by atoms with Gasteiger partial charge in [0, 0.05) is 55.4 Å². The molecule has 9 nitrogen and oxygen atoms in total. The second-order valence-corrected chi connectivity index (χ2v) is 9.93. The van der Waals surface area contributed by atoms with Crippen molar-refractivity contribution in [2.24, 2.45) is 5.92 Å². The van der Waals surface area contributed by atoms with E-state index in [9.17, 15) is 9.18 Å². The first-order valence-corrected chi connectivity index (χ1v) is 13.0. The molecular formula is C29H32FN7O2. The van der Waals surface area contributed by atoms with Gasteiger partial charge in [-0.1, -0.05) is 18.2 Å². The lowest BCUT2D eigenvalue weighted by molar-refractivity contribution is 0.177. The normalized spacial score (nSPS) is 18.7. The van der Waals surface area contributed by atoms with Crippen molar-refractivity contribution in [3.8, 4) is 16.9 Å². The molecule has 2 amide bonds. The summed E-state index contributed by atoms with van der Waals surface area (Å²) in [7, 11) is 1.68. The standard InChI is InChI=1S/C29H32FN7O2/c1-18-27(22-16-32-19(2)33-17-22)36-37(23-7-5-4-6-8-23)28(18)35-29(38)34-25-14-20(10-12-39-3)13-24(25)21-9-11-31-26(30)15-21/h4-9,11,15-17,20,24-25H,10,12-14H2,1-3H3,(H2,34,35,38)/t20-,24-,25+/m0/s1. The smallest absolute Gasteiger partial charge is 0.320 e. The van der Waals surface area contributed by atoms with Crippen molar-refractivity contribution < 1.29 is 13.9 Å². The molecule has 5 rings (SSSR count). The number of rotatable bonds is 8. The van der Waals surface area contributed by atoms with Crippen LogP contribution in [0.25, 0.3) is 16.9 Å². The highest BCUT2D eigenvalue weighted by Crippen LogP contribution is 2.40. The first kappa shape index (κ1) is 26.4. The van der Waals surface area contributed by atoms with Crippen LogP contribution in [-0.2, 0) is 4.74 Å². The maximum absolute atomic E-state index is 14.0. The summed E-state index contributed by atoms with van der Waals surface area (Å²) in [5.41, 5.74) is 3.87. The van der Waals surface area contributed by atoms with Gasteiger partial charge in [0.1, 0.15) is 17.3 Å². The molecule has 202 valence electrons. The van der Waals surface area contributed by atoms with Crippen LogP contribution in [0, 0.1) is 25.7 Å². The van der Waals surface area contributed by atoms with Gasteiger partial charge in [-0.25, -0.2) is 24.4 Å². The fraction of sp³-hybridized carbons (Fsp3) is 0.345. The third-order valence-corrected chi connectivity index (χ3v) is 7.30. The summed E-state index contributed by atoms with van der Waals surface area (Å²) < 4.78 is 21.0. The predicted octanol–water partition coefficient (Wildman–Crippen LogP) is 5.20. The number of pyridine rings is 1. The largest absolute Gasteiger partial charge is 0.385 e. The van der Waals surface area contributed by atoms with Crippen LogP contribution in [-0.4, -0.2) is 50.5 Å². The zero-order chi connectivity index (χ0) is 27.4. The second-order valence-electron chi connectivity index (χ2n) is 9.93. The van der Waals surface area contributed by atoms with Gasteiger partial charge in [0.15, 0.2) is 0 Å². The Morgan fingerprint density at radius 1 is 1.10 bits per heavy atom. The fourth-order valence-electron chi connectivity index (χ4n) is 5.34. The summed E-state index contributed by atoms with van der Waals surface area (Å²) in [6.45, 7) is 4.38. The number of aryl methyl sites for hydroxylation is 1. The van der Waals surface area contributed by atoms with E-state index in [2.05, 4.69) is 25.6 Å². The number of hydrogen-bond donors (Lipinski definition) is 2. The number of benzene rings is 1. The van der Waals surface area contributed by atoms with Gasteiger partial charge in [0.25, 0.3) is 0 Å². The molecule has 2 N–H and O–H groups in total. The van der Waals surface area contributed by atoms with Gasteiger partial charge in [-0.3, -0.25) is 5.32 Å². The van der Waals surface area contributed by atoms with E-state index >= 15 is 0 Å². The molecule has 3 aromatic heterocycles. The van der Waals surface area contributed by atoms with Gasteiger partial charge in [0.05, 0.1) is 5.69 Å². The molecule has 1 saturated carbocycles. The average Bonchev–Trinajstić information content (AvgIpc) is 3.49. The number of methoxy groups -OCH3 is 1. The number of hydrogen-bond acceptors (Lipinski definition) is 6. The van der Waals surface area contributed by atoms with E-state index in [1.165, 1.54) is 12.3 Å². The highest BCUT2D eigenvalue weighted by atomic mass is 19.1. The number of halogens is 1. The predicted molar refractivity (Wildman–Crippen MR) is 146 cm³/mol. The Bertz CT molecular complexity index is 1430. The number of para-hydroxylation sites is 1. The molecule has 0 unspecified atom stereocenters. The minimum Gasteiger partial charge on any atom is -0.385 e. The van der Waals surface area contributed by atoms with Crippen molar-refractivity contribution in [3.63, 3.8) is 0 Å². The van der Waals surface area contributed by atoms with Crippen molar-refractivity contribution in [1.29, 1.82) is 0 Å². The van der Waals surface area contributed by atoms with Crippen LogP contribution in [0.4, 0.5) is 15.0 Å². The highest BCUT2D eigenvalue weighted by Gasteiger charge is 2.36. The van der Waals surface area contributed by atoms with Crippen LogP contribution in [0.5, 0.6) is 0 Å². The second kappa shape index (κ2) is 11.7. The molecule has 0 saturated heterocycles. The van der Waals surface area contributed by atoms with Gasteiger partial charge in [-0.2, -0.15) is 9.49 Å². The third kappa shape index (κ3) is 5.96. The Hall–Kier alpha value is -4.18. The molecular weight excluding hydrogens is 497 g/mol.